The number of hydrogen-bond donors (Lipinski definition) is 1. The smallest absolute Gasteiger partial charge is 0.165 e. The van der Waals surface area contributed by atoms with Crippen molar-refractivity contribution < 1.29 is 19.1 Å². The van der Waals surface area contributed by atoms with E-state index in [1.54, 1.807) is 7.11 Å². The van der Waals surface area contributed by atoms with Gasteiger partial charge in [0.05, 0.1) is 7.11 Å². The predicted molar refractivity (Wildman–Crippen MR) is 171 cm³/mol. The number of fused-ring (bicyclic) bond motifs is 1. The molecule has 1 heterocycles. The van der Waals surface area contributed by atoms with Crippen LogP contribution in [0, 0.1) is 10.8 Å². The number of ether oxygens (including phenoxy) is 2. The second-order valence-electron chi connectivity index (χ2n) is 13.9. The molecular weight excluding hydrogens is 534 g/mol. The molecule has 0 spiro atoms. The van der Waals surface area contributed by atoms with Crippen molar-refractivity contribution in [2.45, 2.75) is 72.3 Å². The minimum atomic E-state index is -0.442. The fraction of sp³-hybridized carbons (Fsp3) is 0.368. The average Bonchev–Trinajstić information content (AvgIpc) is 2.94. The highest BCUT2D eigenvalue weighted by Gasteiger charge is 2.46. The molecule has 6 rings (SSSR count). The molecule has 222 valence electrons. The Morgan fingerprint density at radius 3 is 2.12 bits per heavy atom. The summed E-state index contributed by atoms with van der Waals surface area (Å²) >= 11 is 0. The number of Topliss-reactive ketones (excluding diaryl/α,β-unsaturated/α-hetero) is 2. The summed E-state index contributed by atoms with van der Waals surface area (Å²) in [7, 11) is 1.64. The van der Waals surface area contributed by atoms with E-state index in [0.29, 0.717) is 37.4 Å². The third-order valence-corrected chi connectivity index (χ3v) is 9.04. The van der Waals surface area contributed by atoms with E-state index in [0.717, 1.165) is 62.8 Å². The lowest BCUT2D eigenvalue weighted by Crippen LogP contribution is -2.42. The highest BCUT2D eigenvalue weighted by molar-refractivity contribution is 6.06. The van der Waals surface area contributed by atoms with E-state index in [2.05, 4.69) is 69.9 Å². The molecule has 0 unspecified atom stereocenters. The Hall–Kier alpha value is -4.12. The monoisotopic (exact) mass is 575 g/mol. The van der Waals surface area contributed by atoms with Crippen LogP contribution in [-0.4, -0.2) is 18.7 Å². The van der Waals surface area contributed by atoms with Crippen molar-refractivity contribution in [2.75, 3.05) is 7.11 Å². The number of benzene rings is 3. The maximum atomic E-state index is 13.8. The van der Waals surface area contributed by atoms with Gasteiger partial charge in [-0.15, -0.1) is 6.58 Å². The van der Waals surface area contributed by atoms with Crippen LogP contribution >= 0.6 is 0 Å². The molecule has 3 aromatic rings. The Morgan fingerprint density at radius 1 is 0.860 bits per heavy atom. The number of carbonyl (C=O) groups is 2. The second-order valence-corrected chi connectivity index (χ2v) is 13.9. The van der Waals surface area contributed by atoms with Gasteiger partial charge in [0.1, 0.15) is 6.61 Å². The zero-order valence-electron chi connectivity index (χ0n) is 25.9. The Balaban J connectivity index is 1.47. The quantitative estimate of drug-likeness (QED) is 0.288. The standard InChI is InChI=1S/C38H41NO4/c1-7-11-24-16-26(17-32(42-6)36(24)43-22-25-14-10-13-23-12-8-9-15-27(23)25)33-34-28(18-37(2,3)20-30(34)40)39-29-19-38(4,5)21-31(41)35(29)33/h7-10,12-17,33,39H,1,11,18-22H2,2-6H3. The molecule has 0 amide bonds. The van der Waals surface area contributed by atoms with Crippen molar-refractivity contribution in [1.29, 1.82) is 0 Å². The largest absolute Gasteiger partial charge is 0.493 e. The first-order chi connectivity index (χ1) is 20.5. The topological polar surface area (TPSA) is 64.6 Å². The molecule has 0 saturated carbocycles. The van der Waals surface area contributed by atoms with E-state index in [9.17, 15) is 9.59 Å². The van der Waals surface area contributed by atoms with Crippen LogP contribution in [0.15, 0.2) is 89.8 Å². The van der Waals surface area contributed by atoms with Crippen LogP contribution < -0.4 is 14.8 Å². The number of hydrogen-bond acceptors (Lipinski definition) is 5. The molecule has 1 N–H and O–H groups in total. The third kappa shape index (κ3) is 5.42. The van der Waals surface area contributed by atoms with Crippen LogP contribution in [0.2, 0.25) is 0 Å². The van der Waals surface area contributed by atoms with Gasteiger partial charge >= 0.3 is 0 Å². The fourth-order valence-corrected chi connectivity index (χ4v) is 7.26. The average molecular weight is 576 g/mol. The second kappa shape index (κ2) is 10.9. The Kier molecular flexibility index (Phi) is 7.32. The number of rotatable bonds is 7. The molecule has 3 aliphatic rings. The van der Waals surface area contributed by atoms with Crippen LogP contribution in [0.1, 0.15) is 76.0 Å². The minimum absolute atomic E-state index is 0.105. The summed E-state index contributed by atoms with van der Waals surface area (Å²) in [6, 6.07) is 18.6. The van der Waals surface area contributed by atoms with Gasteiger partial charge in [-0.25, -0.2) is 0 Å². The van der Waals surface area contributed by atoms with Gasteiger partial charge in [0.2, 0.25) is 0 Å². The summed E-state index contributed by atoms with van der Waals surface area (Å²) < 4.78 is 12.5. The van der Waals surface area contributed by atoms with Crippen LogP contribution in [0.3, 0.4) is 0 Å². The van der Waals surface area contributed by atoms with E-state index in [-0.39, 0.29) is 22.4 Å². The highest BCUT2D eigenvalue weighted by Crippen LogP contribution is 2.52. The van der Waals surface area contributed by atoms with Crippen molar-refractivity contribution in [3.8, 4) is 11.5 Å². The van der Waals surface area contributed by atoms with Crippen molar-refractivity contribution in [3.05, 3.63) is 106 Å². The minimum Gasteiger partial charge on any atom is -0.493 e. The van der Waals surface area contributed by atoms with Crippen LogP contribution in [0.5, 0.6) is 11.5 Å². The summed E-state index contributed by atoms with van der Waals surface area (Å²) in [5, 5.41) is 5.92. The molecule has 0 bridgehead atoms. The lowest BCUT2D eigenvalue weighted by atomic mass is 9.64. The molecule has 0 saturated heterocycles. The molecule has 0 atom stereocenters. The van der Waals surface area contributed by atoms with Crippen LogP contribution in [0.25, 0.3) is 10.8 Å². The van der Waals surface area contributed by atoms with E-state index in [1.165, 1.54) is 0 Å². The number of nitrogens with one attached hydrogen (secondary N) is 1. The normalized spacial score (nSPS) is 19.6. The molecule has 0 fully saturated rings. The van der Waals surface area contributed by atoms with E-state index in [4.69, 9.17) is 9.47 Å². The SMILES string of the molecule is C=CCc1cc(C2C3=C(CC(C)(C)CC3=O)NC3=C2C(=O)CC(C)(C)C3)cc(OC)c1OCc1cccc2ccccc12. The Labute approximate surface area is 254 Å². The zero-order valence-corrected chi connectivity index (χ0v) is 25.9. The van der Waals surface area contributed by atoms with Gasteiger partial charge in [0, 0.05) is 46.9 Å². The molecule has 0 aromatic heterocycles. The van der Waals surface area contributed by atoms with Crippen molar-refractivity contribution >= 4 is 22.3 Å². The zero-order chi connectivity index (χ0) is 30.5. The van der Waals surface area contributed by atoms with Gasteiger partial charge in [0.25, 0.3) is 0 Å². The van der Waals surface area contributed by atoms with Gasteiger partial charge < -0.3 is 14.8 Å². The maximum Gasteiger partial charge on any atom is 0.165 e. The molecule has 43 heavy (non-hydrogen) atoms. The fourth-order valence-electron chi connectivity index (χ4n) is 7.26. The number of ketones is 2. The lowest BCUT2D eigenvalue weighted by molar-refractivity contribution is -0.119. The lowest BCUT2D eigenvalue weighted by Gasteiger charge is -2.44. The van der Waals surface area contributed by atoms with E-state index >= 15 is 0 Å². The van der Waals surface area contributed by atoms with Gasteiger partial charge in [-0.3, -0.25) is 9.59 Å². The highest BCUT2D eigenvalue weighted by atomic mass is 16.5. The first kappa shape index (κ1) is 29.0. The van der Waals surface area contributed by atoms with Crippen molar-refractivity contribution in [2.24, 2.45) is 10.8 Å². The Bertz CT molecular complexity index is 1660. The van der Waals surface area contributed by atoms with Crippen LogP contribution in [0.4, 0.5) is 0 Å². The first-order valence-electron chi connectivity index (χ1n) is 15.2. The van der Waals surface area contributed by atoms with Gasteiger partial charge in [0.15, 0.2) is 23.1 Å². The first-order valence-corrected chi connectivity index (χ1v) is 15.2. The van der Waals surface area contributed by atoms with Gasteiger partial charge in [-0.2, -0.15) is 0 Å². The number of methoxy groups -OCH3 is 1. The van der Waals surface area contributed by atoms with Gasteiger partial charge in [-0.05, 0) is 58.1 Å². The summed E-state index contributed by atoms with van der Waals surface area (Å²) in [6.45, 7) is 12.9. The molecule has 1 aliphatic heterocycles. The van der Waals surface area contributed by atoms with Gasteiger partial charge in [-0.1, -0.05) is 82.3 Å². The maximum absolute atomic E-state index is 13.8. The summed E-state index contributed by atoms with van der Waals surface area (Å²) in [4.78, 5) is 27.7. The third-order valence-electron chi connectivity index (χ3n) is 9.04. The molecule has 5 heteroatoms. The number of allylic oxidation sites excluding steroid dienone is 5. The molecule has 0 radical (unpaired) electrons. The van der Waals surface area contributed by atoms with E-state index in [1.807, 2.05) is 30.3 Å². The molecule has 2 aliphatic carbocycles. The Morgan fingerprint density at radius 2 is 1.49 bits per heavy atom. The van der Waals surface area contributed by atoms with Crippen LogP contribution in [-0.2, 0) is 22.6 Å². The molecular formula is C38H41NO4. The summed E-state index contributed by atoms with van der Waals surface area (Å²) in [5.74, 6) is 1.01. The summed E-state index contributed by atoms with van der Waals surface area (Å²) in [5.41, 5.74) is 5.95. The number of carbonyl (C=O) groups excluding carboxylic acids is 2. The van der Waals surface area contributed by atoms with E-state index < -0.39 is 5.92 Å². The molecule has 5 nitrogen and oxygen atoms in total. The molecule has 3 aromatic carbocycles. The van der Waals surface area contributed by atoms with Crippen molar-refractivity contribution in [3.63, 3.8) is 0 Å². The summed E-state index contributed by atoms with van der Waals surface area (Å²) in [6.07, 6.45) is 4.84. The predicted octanol–water partition coefficient (Wildman–Crippen LogP) is 8.13. The number of dihydropyridines is 1. The van der Waals surface area contributed by atoms with Crippen molar-refractivity contribution in [1.82, 2.24) is 5.32 Å².